The van der Waals surface area contributed by atoms with Crippen LogP contribution in [0.2, 0.25) is 0 Å². The molecule has 0 spiro atoms. The minimum absolute atomic E-state index is 0.175. The van der Waals surface area contributed by atoms with Crippen LogP contribution >= 0.6 is 0 Å². The van der Waals surface area contributed by atoms with Crippen molar-refractivity contribution >= 4 is 27.5 Å². The fraction of sp³-hybridized carbons (Fsp3) is 0.0800. The molecule has 0 aliphatic carbocycles. The molecule has 0 unspecified atom stereocenters. The van der Waals surface area contributed by atoms with Gasteiger partial charge in [-0.25, -0.2) is 4.68 Å². The number of hydrogen-bond acceptors (Lipinski definition) is 5. The van der Waals surface area contributed by atoms with Crippen LogP contribution in [0, 0.1) is 0 Å². The molecule has 1 aromatic heterocycles. The third-order valence-electron chi connectivity index (χ3n) is 5.45. The highest BCUT2D eigenvalue weighted by Crippen LogP contribution is 2.26. The van der Waals surface area contributed by atoms with Gasteiger partial charge in [-0.05, 0) is 66.6 Å². The predicted molar refractivity (Wildman–Crippen MR) is 130 cm³/mol. The number of benzene rings is 3. The maximum atomic E-state index is 12.5. The number of amides is 1. The molecule has 0 fully saturated rings. The van der Waals surface area contributed by atoms with Crippen LogP contribution in [0.1, 0.15) is 21.5 Å². The monoisotopic (exact) mass is 471 g/mol. The molecule has 0 radical (unpaired) electrons. The zero-order valence-electron chi connectivity index (χ0n) is 18.0. The first-order valence-corrected chi connectivity index (χ1v) is 12.1. The van der Waals surface area contributed by atoms with Crippen molar-refractivity contribution in [1.82, 2.24) is 15.1 Å². The second-order valence-electron chi connectivity index (χ2n) is 7.74. The molecule has 2 N–H and O–H groups in total. The normalized spacial score (nSPS) is 13.7. The second kappa shape index (κ2) is 8.95. The van der Waals surface area contributed by atoms with Gasteiger partial charge >= 0.3 is 0 Å². The van der Waals surface area contributed by atoms with Crippen molar-refractivity contribution in [2.45, 2.75) is 11.3 Å². The summed E-state index contributed by atoms with van der Waals surface area (Å²) in [4.78, 5) is 12.7. The lowest BCUT2D eigenvalue weighted by Crippen LogP contribution is -2.25. The molecule has 4 aromatic rings. The quantitative estimate of drug-likeness (QED) is 0.448. The number of carbonyl (C=O) groups excluding carboxylic acids is 1. The Morgan fingerprint density at radius 2 is 1.68 bits per heavy atom. The minimum Gasteiger partial charge on any atom is -0.352 e. The highest BCUT2D eigenvalue weighted by atomic mass is 32.2. The lowest BCUT2D eigenvalue weighted by Gasteiger charge is -2.09. The van der Waals surface area contributed by atoms with Crippen LogP contribution in [0.5, 0.6) is 0 Å². The summed E-state index contributed by atoms with van der Waals surface area (Å²) in [6.07, 6.45) is 4.33. The van der Waals surface area contributed by atoms with Gasteiger partial charge in [0.2, 0.25) is 0 Å². The number of carbonyl (C=O) groups is 1. The first kappa shape index (κ1) is 21.6. The Balaban J connectivity index is 1.16. The van der Waals surface area contributed by atoms with E-state index in [1.54, 1.807) is 53.3 Å². The van der Waals surface area contributed by atoms with Gasteiger partial charge in [0, 0.05) is 35.8 Å². The van der Waals surface area contributed by atoms with E-state index in [-0.39, 0.29) is 16.6 Å². The van der Waals surface area contributed by atoms with E-state index in [4.69, 9.17) is 0 Å². The van der Waals surface area contributed by atoms with Crippen molar-refractivity contribution in [3.63, 3.8) is 0 Å². The van der Waals surface area contributed by atoms with Crippen molar-refractivity contribution < 1.29 is 13.2 Å². The van der Waals surface area contributed by atoms with Gasteiger partial charge < -0.3 is 10.6 Å². The highest BCUT2D eigenvalue weighted by Gasteiger charge is 2.28. The van der Waals surface area contributed by atoms with Crippen LogP contribution in [0.3, 0.4) is 0 Å². The van der Waals surface area contributed by atoms with Crippen molar-refractivity contribution in [3.05, 3.63) is 108 Å². The lowest BCUT2D eigenvalue weighted by atomic mass is 10.1. The molecule has 0 bridgehead atoms. The third-order valence-corrected chi connectivity index (χ3v) is 6.78. The van der Waals surface area contributed by atoms with Gasteiger partial charge in [-0.1, -0.05) is 24.3 Å². The van der Waals surface area contributed by atoms with Crippen LogP contribution in [-0.2, 0) is 16.4 Å². The van der Waals surface area contributed by atoms with Gasteiger partial charge in [0.05, 0.1) is 5.69 Å². The summed E-state index contributed by atoms with van der Waals surface area (Å²) in [5.41, 5.74) is 3.78. The predicted octanol–water partition coefficient (Wildman–Crippen LogP) is 3.41. The summed E-state index contributed by atoms with van der Waals surface area (Å²) in [6, 6.07) is 23.4. The van der Waals surface area contributed by atoms with Crippen molar-refractivity contribution in [2.75, 3.05) is 11.9 Å². The van der Waals surface area contributed by atoms with E-state index >= 15 is 0 Å². The standard InChI is InChI=1S/C25H21N5O3S/c31-25(26-16-14-18-6-12-21(13-7-18)30-17-3-15-27-30)19-8-10-20(11-9-19)28-24-22-4-1-2-5-23(22)34(32,33)29-24/h1-13,15,17H,14,16H2,(H,26,31)(H,28,29). The minimum atomic E-state index is -3.69. The van der Waals surface area contributed by atoms with E-state index in [1.807, 2.05) is 36.5 Å². The number of hydrogen-bond donors (Lipinski definition) is 2. The van der Waals surface area contributed by atoms with Gasteiger partial charge in [-0.3, -0.25) is 4.79 Å². The average molecular weight is 472 g/mol. The summed E-state index contributed by atoms with van der Waals surface area (Å²) in [5.74, 6) is 0.0946. The molecule has 1 amide bonds. The molecule has 5 rings (SSSR count). The first-order chi connectivity index (χ1) is 16.5. The van der Waals surface area contributed by atoms with Gasteiger partial charge in [0.15, 0.2) is 5.84 Å². The number of amidine groups is 1. The molecule has 0 saturated heterocycles. The SMILES string of the molecule is O=C(NCCc1ccc(-n2cccn2)cc1)c1ccc(NC2=NS(=O)(=O)c3ccccc32)cc1. The molecule has 0 atom stereocenters. The summed E-state index contributed by atoms with van der Waals surface area (Å²) < 4.78 is 30.0. The molecular formula is C25H21N5O3S. The summed E-state index contributed by atoms with van der Waals surface area (Å²) in [6.45, 7) is 0.505. The largest absolute Gasteiger partial charge is 0.352 e. The zero-order chi connectivity index (χ0) is 23.5. The molecule has 34 heavy (non-hydrogen) atoms. The second-order valence-corrected chi connectivity index (χ2v) is 9.31. The van der Waals surface area contributed by atoms with Gasteiger partial charge in [-0.15, -0.1) is 4.40 Å². The lowest BCUT2D eigenvalue weighted by molar-refractivity contribution is 0.0954. The van der Waals surface area contributed by atoms with E-state index in [0.717, 1.165) is 11.3 Å². The maximum Gasteiger partial charge on any atom is 0.285 e. The molecule has 3 aromatic carbocycles. The molecule has 2 heterocycles. The van der Waals surface area contributed by atoms with Crippen molar-refractivity contribution in [2.24, 2.45) is 4.40 Å². The van der Waals surface area contributed by atoms with Crippen LogP contribution in [0.4, 0.5) is 5.69 Å². The number of aromatic nitrogens is 2. The summed E-state index contributed by atoms with van der Waals surface area (Å²) in [5, 5.41) is 10.2. The van der Waals surface area contributed by atoms with E-state index in [1.165, 1.54) is 6.07 Å². The summed E-state index contributed by atoms with van der Waals surface area (Å²) in [7, 11) is -3.69. The zero-order valence-corrected chi connectivity index (χ0v) is 18.9. The highest BCUT2D eigenvalue weighted by molar-refractivity contribution is 7.90. The number of nitrogens with one attached hydrogen (secondary N) is 2. The first-order valence-electron chi connectivity index (χ1n) is 10.7. The fourth-order valence-corrected chi connectivity index (χ4v) is 4.87. The number of rotatable bonds is 6. The third kappa shape index (κ3) is 4.46. The number of fused-ring (bicyclic) bond motifs is 1. The Morgan fingerprint density at radius 3 is 2.41 bits per heavy atom. The van der Waals surface area contributed by atoms with Crippen LogP contribution in [-0.4, -0.2) is 36.5 Å². The Kier molecular flexibility index (Phi) is 5.69. The molecule has 0 saturated carbocycles. The number of sulfonamides is 1. The van der Waals surface area contributed by atoms with Crippen LogP contribution in [0.15, 0.2) is 101 Å². The van der Waals surface area contributed by atoms with E-state index < -0.39 is 10.0 Å². The number of anilines is 1. The Bertz CT molecular complexity index is 1460. The Hall–Kier alpha value is -4.24. The van der Waals surface area contributed by atoms with E-state index in [2.05, 4.69) is 20.1 Å². The van der Waals surface area contributed by atoms with Gasteiger partial charge in [0.25, 0.3) is 15.9 Å². The molecule has 1 aliphatic heterocycles. The number of nitrogens with zero attached hydrogens (tertiary/aromatic N) is 3. The van der Waals surface area contributed by atoms with Gasteiger partial charge in [-0.2, -0.15) is 13.5 Å². The van der Waals surface area contributed by atoms with E-state index in [0.29, 0.717) is 29.8 Å². The smallest absolute Gasteiger partial charge is 0.285 e. The molecular weight excluding hydrogens is 450 g/mol. The Labute approximate surface area is 197 Å². The molecule has 170 valence electrons. The topological polar surface area (TPSA) is 105 Å². The molecule has 1 aliphatic rings. The van der Waals surface area contributed by atoms with E-state index in [9.17, 15) is 13.2 Å². The maximum absolute atomic E-state index is 12.5. The van der Waals surface area contributed by atoms with Crippen LogP contribution in [0.25, 0.3) is 5.69 Å². The van der Waals surface area contributed by atoms with Crippen molar-refractivity contribution in [1.29, 1.82) is 0 Å². The summed E-state index contributed by atoms with van der Waals surface area (Å²) >= 11 is 0. The molecule has 8 nitrogen and oxygen atoms in total. The van der Waals surface area contributed by atoms with Crippen LogP contribution < -0.4 is 10.6 Å². The Morgan fingerprint density at radius 1 is 0.912 bits per heavy atom. The molecule has 9 heteroatoms. The van der Waals surface area contributed by atoms with Crippen molar-refractivity contribution in [3.8, 4) is 5.69 Å². The average Bonchev–Trinajstić information content (AvgIpc) is 3.47. The van der Waals surface area contributed by atoms with Gasteiger partial charge in [0.1, 0.15) is 4.90 Å². The fourth-order valence-electron chi connectivity index (χ4n) is 3.70.